The van der Waals surface area contributed by atoms with Gasteiger partial charge in [0.25, 0.3) is 0 Å². The standard InChI is InChI=1S/C23H38N10O4/c1-16(24)26-5-2-4-17-18(20(35)29-8-10-30(11-9-29)21(25)36)33(19(17)34)23(37)32-14-12-31(13-15-32)22-27-6-3-7-28-22/h17-18,26H,1-15,24H2,(H2,25,36)(H,27,28)/t17-,18+/m1/s1. The van der Waals surface area contributed by atoms with Crippen LogP contribution >= 0.6 is 0 Å². The van der Waals surface area contributed by atoms with Crippen LogP contribution in [0.1, 0.15) is 19.3 Å². The lowest BCUT2D eigenvalue weighted by Crippen LogP contribution is -2.72. The van der Waals surface area contributed by atoms with E-state index in [-0.39, 0.29) is 11.8 Å². The van der Waals surface area contributed by atoms with Gasteiger partial charge in [-0.3, -0.25) is 19.5 Å². The number of piperazine rings is 2. The lowest BCUT2D eigenvalue weighted by atomic mass is 9.82. The van der Waals surface area contributed by atoms with Crippen LogP contribution in [0.25, 0.3) is 0 Å². The van der Waals surface area contributed by atoms with Crippen LogP contribution in [0.15, 0.2) is 17.4 Å². The van der Waals surface area contributed by atoms with Crippen LogP contribution in [0.3, 0.4) is 0 Å². The third-order valence-electron chi connectivity index (χ3n) is 7.35. The number of imide groups is 1. The minimum atomic E-state index is -0.858. The number of hydrogen-bond acceptors (Lipinski definition) is 9. The number of carbonyl (C=O) groups excluding carboxylic acids is 4. The van der Waals surface area contributed by atoms with Crippen LogP contribution in [0, 0.1) is 5.92 Å². The zero-order chi connectivity index (χ0) is 26.5. The molecule has 0 aliphatic carbocycles. The summed E-state index contributed by atoms with van der Waals surface area (Å²) in [4.78, 5) is 64.2. The van der Waals surface area contributed by atoms with Gasteiger partial charge in [-0.15, -0.1) is 0 Å². The number of aliphatic imine (C=N–C) groups is 1. The van der Waals surface area contributed by atoms with E-state index >= 15 is 0 Å². The molecule has 14 nitrogen and oxygen atoms in total. The van der Waals surface area contributed by atoms with Gasteiger partial charge in [-0.1, -0.05) is 6.58 Å². The molecule has 0 unspecified atom stereocenters. The smallest absolute Gasteiger partial charge is 0.327 e. The van der Waals surface area contributed by atoms with Crippen LogP contribution < -0.4 is 22.1 Å². The molecule has 0 radical (unpaired) electrons. The molecule has 4 aliphatic heterocycles. The Bertz CT molecular complexity index is 940. The van der Waals surface area contributed by atoms with E-state index < -0.39 is 24.0 Å². The second-order valence-corrected chi connectivity index (χ2v) is 9.75. The third kappa shape index (κ3) is 5.83. The van der Waals surface area contributed by atoms with Crippen LogP contribution in [-0.4, -0.2) is 132 Å². The molecule has 3 saturated heterocycles. The Kier molecular flexibility index (Phi) is 8.24. The maximum absolute atomic E-state index is 13.6. The third-order valence-corrected chi connectivity index (χ3v) is 7.35. The van der Waals surface area contributed by atoms with Crippen molar-refractivity contribution in [2.45, 2.75) is 25.3 Å². The van der Waals surface area contributed by atoms with E-state index in [0.29, 0.717) is 77.6 Å². The fraction of sp³-hybridized carbons (Fsp3) is 0.696. The van der Waals surface area contributed by atoms with Crippen LogP contribution in [-0.2, 0) is 9.59 Å². The number of β-lactam (4-membered cyclic amide) rings is 1. The van der Waals surface area contributed by atoms with Crippen molar-refractivity contribution in [2.75, 3.05) is 72.0 Å². The lowest BCUT2D eigenvalue weighted by molar-refractivity contribution is -0.164. The molecular weight excluding hydrogens is 480 g/mol. The fourth-order valence-corrected chi connectivity index (χ4v) is 5.22. The average molecular weight is 519 g/mol. The van der Waals surface area contributed by atoms with Gasteiger partial charge >= 0.3 is 12.1 Å². The van der Waals surface area contributed by atoms with Crippen molar-refractivity contribution in [1.82, 2.24) is 35.1 Å². The minimum Gasteiger partial charge on any atom is -0.386 e. The SMILES string of the molecule is C=C(N)NCCC[C@H]1C(=O)N(C(=O)N2CCN(C3=NCCCN3)CC2)[C@@H]1C(=O)N1CCN(C(N)=O)CC1. The average Bonchev–Trinajstić information content (AvgIpc) is 2.91. The maximum Gasteiger partial charge on any atom is 0.327 e. The van der Waals surface area contributed by atoms with Gasteiger partial charge in [-0.2, -0.15) is 0 Å². The zero-order valence-electron chi connectivity index (χ0n) is 21.2. The second kappa shape index (κ2) is 11.6. The van der Waals surface area contributed by atoms with Crippen molar-refractivity contribution >= 4 is 29.8 Å². The Morgan fingerprint density at radius 1 is 1.00 bits per heavy atom. The predicted octanol–water partition coefficient (Wildman–Crippen LogP) is -2.08. The molecule has 14 heteroatoms. The minimum absolute atomic E-state index is 0.266. The Balaban J connectivity index is 1.40. The topological polar surface area (TPSA) is 173 Å². The molecule has 4 aliphatic rings. The number of rotatable bonds is 6. The molecule has 0 bridgehead atoms. The van der Waals surface area contributed by atoms with Gasteiger partial charge < -0.3 is 41.7 Å². The zero-order valence-corrected chi connectivity index (χ0v) is 21.2. The maximum atomic E-state index is 13.6. The number of nitrogens with zero attached hydrogens (tertiary/aromatic N) is 6. The number of guanidine groups is 1. The summed E-state index contributed by atoms with van der Waals surface area (Å²) in [5, 5.41) is 6.22. The van der Waals surface area contributed by atoms with Gasteiger partial charge in [-0.25, -0.2) is 9.59 Å². The molecule has 3 fully saturated rings. The number of nitrogens with two attached hydrogens (primary N) is 2. The van der Waals surface area contributed by atoms with Crippen LogP contribution in [0.2, 0.25) is 0 Å². The normalized spacial score (nSPS) is 24.2. The molecule has 0 aromatic carbocycles. The van der Waals surface area contributed by atoms with Crippen LogP contribution in [0.5, 0.6) is 0 Å². The summed E-state index contributed by atoms with van der Waals surface area (Å²) in [5.74, 6) is 0.0187. The molecule has 0 aromatic heterocycles. The highest BCUT2D eigenvalue weighted by Gasteiger charge is 2.56. The molecule has 204 valence electrons. The van der Waals surface area contributed by atoms with Gasteiger partial charge in [0.1, 0.15) is 6.04 Å². The first-order valence-corrected chi connectivity index (χ1v) is 12.9. The second-order valence-electron chi connectivity index (χ2n) is 9.75. The number of likely N-dealkylation sites (tertiary alicyclic amines) is 1. The summed E-state index contributed by atoms with van der Waals surface area (Å²) >= 11 is 0. The van der Waals surface area contributed by atoms with Crippen molar-refractivity contribution in [1.29, 1.82) is 0 Å². The number of primary amides is 1. The van der Waals surface area contributed by atoms with E-state index in [0.717, 1.165) is 30.4 Å². The highest BCUT2D eigenvalue weighted by molar-refractivity contribution is 6.09. The molecular formula is C23H38N10O4. The van der Waals surface area contributed by atoms with E-state index in [1.807, 2.05) is 0 Å². The van der Waals surface area contributed by atoms with Gasteiger partial charge in [0.2, 0.25) is 11.8 Å². The predicted molar refractivity (Wildman–Crippen MR) is 136 cm³/mol. The first-order chi connectivity index (χ1) is 17.8. The molecule has 4 rings (SSSR count). The fourth-order valence-electron chi connectivity index (χ4n) is 5.22. The summed E-state index contributed by atoms with van der Waals surface area (Å²) in [6.45, 7) is 9.13. The Labute approximate surface area is 216 Å². The van der Waals surface area contributed by atoms with E-state index in [9.17, 15) is 19.2 Å². The van der Waals surface area contributed by atoms with Gasteiger partial charge in [0.15, 0.2) is 5.96 Å². The number of amides is 6. The highest BCUT2D eigenvalue weighted by atomic mass is 16.2. The summed E-state index contributed by atoms with van der Waals surface area (Å²) in [6, 6.07) is -1.81. The van der Waals surface area contributed by atoms with Gasteiger partial charge in [0, 0.05) is 72.0 Å². The Hall–Kier alpha value is -3.71. The van der Waals surface area contributed by atoms with E-state index in [2.05, 4.69) is 27.1 Å². The van der Waals surface area contributed by atoms with Gasteiger partial charge in [-0.05, 0) is 19.3 Å². The van der Waals surface area contributed by atoms with Crippen molar-refractivity contribution in [3.8, 4) is 0 Å². The largest absolute Gasteiger partial charge is 0.386 e. The summed E-state index contributed by atoms with van der Waals surface area (Å²) < 4.78 is 0. The number of carbonyl (C=O) groups is 4. The summed E-state index contributed by atoms with van der Waals surface area (Å²) in [7, 11) is 0. The van der Waals surface area contributed by atoms with E-state index in [1.165, 1.54) is 4.90 Å². The van der Waals surface area contributed by atoms with E-state index in [1.54, 1.807) is 9.80 Å². The molecule has 37 heavy (non-hydrogen) atoms. The van der Waals surface area contributed by atoms with Gasteiger partial charge in [0.05, 0.1) is 11.7 Å². The van der Waals surface area contributed by atoms with Crippen molar-refractivity contribution in [2.24, 2.45) is 22.4 Å². The summed E-state index contributed by atoms with van der Waals surface area (Å²) in [6.07, 6.45) is 2.05. The monoisotopic (exact) mass is 518 g/mol. The first kappa shape index (κ1) is 26.4. The van der Waals surface area contributed by atoms with Crippen molar-refractivity contribution in [3.05, 3.63) is 12.4 Å². The molecule has 0 spiro atoms. The molecule has 0 saturated carbocycles. The molecule has 2 atom stereocenters. The molecule has 4 heterocycles. The lowest BCUT2D eigenvalue weighted by Gasteiger charge is -2.49. The van der Waals surface area contributed by atoms with Crippen LogP contribution in [0.4, 0.5) is 9.59 Å². The van der Waals surface area contributed by atoms with E-state index in [4.69, 9.17) is 11.5 Å². The number of nitrogens with one attached hydrogen (secondary N) is 2. The van der Waals surface area contributed by atoms with Crippen molar-refractivity contribution in [3.63, 3.8) is 0 Å². The number of urea groups is 2. The van der Waals surface area contributed by atoms with Crippen molar-refractivity contribution < 1.29 is 19.2 Å². The molecule has 0 aromatic rings. The highest BCUT2D eigenvalue weighted by Crippen LogP contribution is 2.33. The Morgan fingerprint density at radius 3 is 2.24 bits per heavy atom. The molecule has 6 amide bonds. The summed E-state index contributed by atoms with van der Waals surface area (Å²) in [5.41, 5.74) is 10.9. The quantitative estimate of drug-likeness (QED) is 0.229. The molecule has 6 N–H and O–H groups in total. The number of hydrogen-bond donors (Lipinski definition) is 4. The first-order valence-electron chi connectivity index (χ1n) is 12.9. The Morgan fingerprint density at radius 2 is 1.65 bits per heavy atom.